The van der Waals surface area contributed by atoms with Crippen LogP contribution in [0.2, 0.25) is 0 Å². The third-order valence-electron chi connectivity index (χ3n) is 3.30. The molecule has 0 aliphatic heterocycles. The van der Waals surface area contributed by atoms with Crippen molar-refractivity contribution in [3.05, 3.63) is 12.3 Å². The van der Waals surface area contributed by atoms with E-state index >= 15 is 0 Å². The second kappa shape index (κ2) is 5.79. The van der Waals surface area contributed by atoms with E-state index in [2.05, 4.69) is 17.2 Å². The average molecular weight is 214 g/mol. The number of hydrogen-bond acceptors (Lipinski definition) is 2. The Morgan fingerprint density at radius 3 is 2.47 bits per heavy atom. The van der Waals surface area contributed by atoms with Crippen molar-refractivity contribution in [1.82, 2.24) is 10.6 Å². The maximum atomic E-state index is 10.8. The van der Waals surface area contributed by atoms with Crippen LogP contribution >= 0.6 is 0 Å². The summed E-state index contributed by atoms with van der Waals surface area (Å²) in [6.45, 7) is 6.43. The summed E-state index contributed by atoms with van der Waals surface area (Å²) in [6.07, 6.45) is 4.80. The molecular formula is C12H26N2O. The summed E-state index contributed by atoms with van der Waals surface area (Å²) < 4.78 is 0. The van der Waals surface area contributed by atoms with Crippen LogP contribution in [0.1, 0.15) is 35.5 Å². The molecule has 0 radical (unpaired) electrons. The normalized spacial score (nSPS) is 25.7. The van der Waals surface area contributed by atoms with Gasteiger partial charge in [0.25, 0.3) is 0 Å². The highest BCUT2D eigenvalue weighted by atomic mass is 16.1. The lowest BCUT2D eigenvalue weighted by Crippen LogP contribution is -2.30. The molecule has 0 unspecified atom stereocenters. The van der Waals surface area contributed by atoms with Gasteiger partial charge in [-0.2, -0.15) is 0 Å². The zero-order valence-electron chi connectivity index (χ0n) is 9.81. The lowest BCUT2D eigenvalue weighted by molar-refractivity contribution is -0.119. The van der Waals surface area contributed by atoms with Gasteiger partial charge in [0.15, 0.2) is 0 Å². The molecule has 0 aromatic heterocycles. The van der Waals surface area contributed by atoms with E-state index in [1.807, 2.05) is 7.05 Å². The number of allylic oxidation sites excluding steroid dienone is 1. The van der Waals surface area contributed by atoms with E-state index in [0.29, 0.717) is 11.8 Å². The predicted octanol–water partition coefficient (Wildman–Crippen LogP) is 2.15. The van der Waals surface area contributed by atoms with Gasteiger partial charge < -0.3 is 10.6 Å². The molecule has 0 spiro atoms. The zero-order valence-corrected chi connectivity index (χ0v) is 9.81. The first-order valence-corrected chi connectivity index (χ1v) is 5.74. The highest BCUT2D eigenvalue weighted by Gasteiger charge is 2.22. The molecule has 1 amide bonds. The first kappa shape index (κ1) is 12.1. The molecular weight excluding hydrogens is 188 g/mol. The Balaban J connectivity index is 0. The second-order valence-corrected chi connectivity index (χ2v) is 4.43. The molecule has 15 heavy (non-hydrogen) atoms. The summed E-state index contributed by atoms with van der Waals surface area (Å²) in [7, 11) is 1.94. The van der Waals surface area contributed by atoms with Crippen LogP contribution in [0.25, 0.3) is 0 Å². The van der Waals surface area contributed by atoms with E-state index in [-0.39, 0.29) is 8.76 Å². The molecule has 0 saturated heterocycles. The van der Waals surface area contributed by atoms with Gasteiger partial charge >= 0.3 is 0 Å². The van der Waals surface area contributed by atoms with Crippen molar-refractivity contribution in [2.24, 2.45) is 11.8 Å². The molecule has 0 aromatic carbocycles. The highest BCUT2D eigenvalue weighted by Crippen LogP contribution is 2.31. The number of amides is 1. The van der Waals surface area contributed by atoms with Gasteiger partial charge in [-0.25, -0.2) is 0 Å². The molecule has 0 atom stereocenters. The van der Waals surface area contributed by atoms with Crippen LogP contribution < -0.4 is 10.6 Å². The van der Waals surface area contributed by atoms with Gasteiger partial charge in [0, 0.05) is 29.1 Å². The lowest BCUT2D eigenvalue weighted by atomic mass is 9.80. The van der Waals surface area contributed by atoms with Crippen LogP contribution in [-0.2, 0) is 4.79 Å². The van der Waals surface area contributed by atoms with Crippen molar-refractivity contribution in [3.63, 3.8) is 0 Å². The maximum absolute atomic E-state index is 10.8. The third kappa shape index (κ3) is 3.94. The monoisotopic (exact) mass is 214 g/mol. The van der Waals surface area contributed by atoms with Gasteiger partial charge in [-0.3, -0.25) is 4.79 Å². The summed E-state index contributed by atoms with van der Waals surface area (Å²) in [6, 6.07) is 0. The van der Waals surface area contributed by atoms with Crippen molar-refractivity contribution in [2.45, 2.75) is 32.6 Å². The van der Waals surface area contributed by atoms with Crippen LogP contribution in [0.5, 0.6) is 0 Å². The summed E-state index contributed by atoms with van der Waals surface area (Å²) in [5.74, 6) is 1.37. The van der Waals surface area contributed by atoms with Crippen molar-refractivity contribution in [2.75, 3.05) is 13.6 Å². The van der Waals surface area contributed by atoms with Crippen molar-refractivity contribution >= 4 is 5.91 Å². The summed E-state index contributed by atoms with van der Waals surface area (Å²) in [4.78, 5) is 10.8. The molecule has 1 fully saturated rings. The Morgan fingerprint density at radius 1 is 1.40 bits per heavy atom. The van der Waals surface area contributed by atoms with Crippen molar-refractivity contribution < 1.29 is 7.65 Å². The fourth-order valence-electron chi connectivity index (χ4n) is 2.21. The second-order valence-electron chi connectivity index (χ2n) is 4.43. The Bertz CT molecular complexity index is 239. The SMILES string of the molecule is C=C(NC)C1CCC(CNC(C)=O)CC1.[HH].[HH]. The lowest BCUT2D eigenvalue weighted by Gasteiger charge is -2.29. The number of nitrogens with one attached hydrogen (secondary N) is 2. The Labute approximate surface area is 95.3 Å². The fraction of sp³-hybridized carbons (Fsp3) is 0.750. The largest absolute Gasteiger partial charge is 0.392 e. The molecule has 0 bridgehead atoms. The van der Waals surface area contributed by atoms with E-state index in [0.717, 1.165) is 12.2 Å². The van der Waals surface area contributed by atoms with E-state index in [4.69, 9.17) is 0 Å². The quantitative estimate of drug-likeness (QED) is 0.753. The smallest absolute Gasteiger partial charge is 0.216 e. The van der Waals surface area contributed by atoms with Crippen LogP contribution in [0.15, 0.2) is 12.3 Å². The summed E-state index contributed by atoms with van der Waals surface area (Å²) in [5.41, 5.74) is 1.16. The number of carbonyl (C=O) groups excluding carboxylic acids is 1. The highest BCUT2D eigenvalue weighted by molar-refractivity contribution is 5.72. The first-order valence-electron chi connectivity index (χ1n) is 5.74. The Kier molecular flexibility index (Phi) is 4.66. The van der Waals surface area contributed by atoms with Crippen LogP contribution in [0, 0.1) is 11.8 Å². The van der Waals surface area contributed by atoms with Gasteiger partial charge in [0.2, 0.25) is 5.91 Å². The van der Waals surface area contributed by atoms with Crippen LogP contribution in [0.3, 0.4) is 0 Å². The molecule has 90 valence electrons. The molecule has 0 aromatic rings. The molecule has 3 heteroatoms. The molecule has 3 nitrogen and oxygen atoms in total. The van der Waals surface area contributed by atoms with E-state index in [1.54, 1.807) is 6.92 Å². The van der Waals surface area contributed by atoms with Gasteiger partial charge in [-0.05, 0) is 37.5 Å². The Morgan fingerprint density at radius 2 is 2.00 bits per heavy atom. The molecule has 1 rings (SSSR count). The number of rotatable bonds is 4. The molecule has 1 saturated carbocycles. The van der Waals surface area contributed by atoms with Crippen LogP contribution in [-0.4, -0.2) is 19.5 Å². The standard InChI is InChI=1S/C12H22N2O.2H2/c1-9(13-3)12-6-4-11(5-7-12)8-14-10(2)15;;/h11-13H,1,4-8H2,2-3H3,(H,14,15);2*1H. The van der Waals surface area contributed by atoms with Gasteiger partial charge in [-0.1, -0.05) is 6.58 Å². The maximum Gasteiger partial charge on any atom is 0.216 e. The van der Waals surface area contributed by atoms with Crippen molar-refractivity contribution in [3.8, 4) is 0 Å². The fourth-order valence-corrected chi connectivity index (χ4v) is 2.21. The van der Waals surface area contributed by atoms with E-state index in [9.17, 15) is 4.79 Å². The van der Waals surface area contributed by atoms with Crippen LogP contribution in [0.4, 0.5) is 0 Å². The van der Waals surface area contributed by atoms with Gasteiger partial charge in [-0.15, -0.1) is 0 Å². The minimum Gasteiger partial charge on any atom is -0.392 e. The molecule has 1 aliphatic rings. The molecule has 1 aliphatic carbocycles. The van der Waals surface area contributed by atoms with Gasteiger partial charge in [0.05, 0.1) is 0 Å². The topological polar surface area (TPSA) is 41.1 Å². The molecule has 2 N–H and O–H groups in total. The van der Waals surface area contributed by atoms with E-state index < -0.39 is 0 Å². The summed E-state index contributed by atoms with van der Waals surface area (Å²) in [5, 5.41) is 6.03. The van der Waals surface area contributed by atoms with Crippen molar-refractivity contribution in [1.29, 1.82) is 0 Å². The summed E-state index contributed by atoms with van der Waals surface area (Å²) >= 11 is 0. The number of hydrogen-bond donors (Lipinski definition) is 2. The Hall–Kier alpha value is -0.990. The third-order valence-corrected chi connectivity index (χ3v) is 3.30. The number of carbonyl (C=O) groups is 1. The minimum absolute atomic E-state index is 0. The van der Waals surface area contributed by atoms with Gasteiger partial charge in [0.1, 0.15) is 0 Å². The van der Waals surface area contributed by atoms with E-state index in [1.165, 1.54) is 25.7 Å². The average Bonchev–Trinajstić information content (AvgIpc) is 2.26. The predicted molar refractivity (Wildman–Crippen MR) is 66.6 cm³/mol. The zero-order chi connectivity index (χ0) is 11.3. The minimum atomic E-state index is 0. The molecule has 0 heterocycles. The first-order chi connectivity index (χ1) is 7.13.